The molecule has 0 aliphatic carbocycles. The van der Waals surface area contributed by atoms with E-state index in [-0.39, 0.29) is 11.9 Å². The van der Waals surface area contributed by atoms with Gasteiger partial charge in [0.1, 0.15) is 0 Å². The number of hydrogen-bond acceptors (Lipinski definition) is 2. The van der Waals surface area contributed by atoms with Crippen LogP contribution in [-0.4, -0.2) is 18.5 Å². The van der Waals surface area contributed by atoms with Gasteiger partial charge in [-0.05, 0) is 26.2 Å². The Morgan fingerprint density at radius 1 is 1.42 bits per heavy atom. The SMILES string of the molecule is CC(C)C[C@@H]1OCCC(C)(C)O1. The van der Waals surface area contributed by atoms with Crippen molar-refractivity contribution < 1.29 is 9.47 Å². The molecule has 0 amide bonds. The van der Waals surface area contributed by atoms with Crippen molar-refractivity contribution in [2.75, 3.05) is 6.61 Å². The van der Waals surface area contributed by atoms with Crippen LogP contribution < -0.4 is 0 Å². The third-order valence-electron chi connectivity index (χ3n) is 2.12. The fourth-order valence-corrected chi connectivity index (χ4v) is 1.39. The summed E-state index contributed by atoms with van der Waals surface area (Å²) in [6.07, 6.45) is 2.03. The summed E-state index contributed by atoms with van der Waals surface area (Å²) in [5.74, 6) is 0.642. The van der Waals surface area contributed by atoms with Crippen LogP contribution in [-0.2, 0) is 9.47 Å². The highest BCUT2D eigenvalue weighted by Gasteiger charge is 2.29. The van der Waals surface area contributed by atoms with Gasteiger partial charge in [-0.3, -0.25) is 0 Å². The lowest BCUT2D eigenvalue weighted by molar-refractivity contribution is -0.249. The van der Waals surface area contributed by atoms with E-state index in [2.05, 4.69) is 27.7 Å². The minimum absolute atomic E-state index is 0.0117. The molecular weight excluding hydrogens is 152 g/mol. The summed E-state index contributed by atoms with van der Waals surface area (Å²) in [5, 5.41) is 0. The summed E-state index contributed by atoms with van der Waals surface area (Å²) < 4.78 is 11.3. The van der Waals surface area contributed by atoms with Gasteiger partial charge >= 0.3 is 0 Å². The Morgan fingerprint density at radius 3 is 2.58 bits per heavy atom. The highest BCUT2D eigenvalue weighted by Crippen LogP contribution is 2.25. The fourth-order valence-electron chi connectivity index (χ4n) is 1.39. The first-order valence-electron chi connectivity index (χ1n) is 4.79. The molecule has 2 heteroatoms. The average molecular weight is 172 g/mol. The molecule has 1 heterocycles. The van der Waals surface area contributed by atoms with E-state index in [1.54, 1.807) is 0 Å². The van der Waals surface area contributed by atoms with E-state index >= 15 is 0 Å². The molecule has 72 valence electrons. The van der Waals surface area contributed by atoms with Crippen molar-refractivity contribution in [2.45, 2.75) is 52.4 Å². The highest BCUT2D eigenvalue weighted by molar-refractivity contribution is 4.73. The topological polar surface area (TPSA) is 18.5 Å². The van der Waals surface area contributed by atoms with Crippen LogP contribution in [0.5, 0.6) is 0 Å². The Bertz CT molecular complexity index is 141. The average Bonchev–Trinajstić information content (AvgIpc) is 1.82. The molecule has 0 aromatic rings. The number of hydrogen-bond donors (Lipinski definition) is 0. The molecule has 0 radical (unpaired) electrons. The smallest absolute Gasteiger partial charge is 0.158 e. The first-order chi connectivity index (χ1) is 5.49. The van der Waals surface area contributed by atoms with Crippen molar-refractivity contribution in [3.8, 4) is 0 Å². The molecule has 12 heavy (non-hydrogen) atoms. The maximum atomic E-state index is 5.76. The lowest BCUT2D eigenvalue weighted by atomic mass is 10.0. The molecule has 2 nitrogen and oxygen atoms in total. The second kappa shape index (κ2) is 3.75. The van der Waals surface area contributed by atoms with Gasteiger partial charge in [0, 0.05) is 6.42 Å². The molecule has 1 aliphatic heterocycles. The quantitative estimate of drug-likeness (QED) is 0.637. The Labute approximate surface area is 75.2 Å². The van der Waals surface area contributed by atoms with E-state index in [9.17, 15) is 0 Å². The molecule has 0 unspecified atom stereocenters. The largest absolute Gasteiger partial charge is 0.353 e. The van der Waals surface area contributed by atoms with E-state index in [0.717, 1.165) is 19.4 Å². The molecule has 0 aromatic heterocycles. The maximum Gasteiger partial charge on any atom is 0.158 e. The van der Waals surface area contributed by atoms with Gasteiger partial charge in [-0.25, -0.2) is 0 Å². The van der Waals surface area contributed by atoms with E-state index in [1.165, 1.54) is 0 Å². The van der Waals surface area contributed by atoms with Gasteiger partial charge in [0.25, 0.3) is 0 Å². The molecule has 0 aromatic carbocycles. The zero-order valence-electron chi connectivity index (χ0n) is 8.59. The van der Waals surface area contributed by atoms with Crippen LogP contribution in [0.1, 0.15) is 40.5 Å². The fraction of sp³-hybridized carbons (Fsp3) is 1.00. The van der Waals surface area contributed by atoms with Gasteiger partial charge in [0.2, 0.25) is 0 Å². The van der Waals surface area contributed by atoms with Crippen molar-refractivity contribution in [3.05, 3.63) is 0 Å². The minimum Gasteiger partial charge on any atom is -0.353 e. The summed E-state index contributed by atoms with van der Waals surface area (Å²) in [6, 6.07) is 0. The van der Waals surface area contributed by atoms with Crippen molar-refractivity contribution >= 4 is 0 Å². The highest BCUT2D eigenvalue weighted by atomic mass is 16.7. The van der Waals surface area contributed by atoms with Crippen LogP contribution in [0.2, 0.25) is 0 Å². The lowest BCUT2D eigenvalue weighted by Crippen LogP contribution is -2.39. The Balaban J connectivity index is 2.36. The van der Waals surface area contributed by atoms with E-state index < -0.39 is 0 Å². The second-order valence-corrected chi connectivity index (χ2v) is 4.56. The maximum absolute atomic E-state index is 5.76. The summed E-state index contributed by atoms with van der Waals surface area (Å²) in [7, 11) is 0. The van der Waals surface area contributed by atoms with E-state index in [0.29, 0.717) is 5.92 Å². The van der Waals surface area contributed by atoms with E-state index in [1.807, 2.05) is 0 Å². The standard InChI is InChI=1S/C10H20O2/c1-8(2)7-9-11-6-5-10(3,4)12-9/h8-9H,5-7H2,1-4H3/t9-/m1/s1. The van der Waals surface area contributed by atoms with Crippen molar-refractivity contribution in [1.29, 1.82) is 0 Å². The predicted octanol–water partition coefficient (Wildman–Crippen LogP) is 2.57. The van der Waals surface area contributed by atoms with Gasteiger partial charge in [-0.15, -0.1) is 0 Å². The van der Waals surface area contributed by atoms with Crippen molar-refractivity contribution in [3.63, 3.8) is 0 Å². The first kappa shape index (κ1) is 10.0. The molecule has 0 N–H and O–H groups in total. The van der Waals surface area contributed by atoms with Gasteiger partial charge < -0.3 is 9.47 Å². The molecule has 0 spiro atoms. The lowest BCUT2D eigenvalue weighted by Gasteiger charge is -2.36. The molecule has 1 saturated heterocycles. The monoisotopic (exact) mass is 172 g/mol. The Kier molecular flexibility index (Phi) is 3.13. The molecule has 1 atom stereocenters. The van der Waals surface area contributed by atoms with E-state index in [4.69, 9.17) is 9.47 Å². The van der Waals surface area contributed by atoms with Crippen molar-refractivity contribution in [1.82, 2.24) is 0 Å². The molecule has 1 aliphatic rings. The molecule has 1 fully saturated rings. The summed E-state index contributed by atoms with van der Waals surface area (Å²) in [6.45, 7) is 9.47. The van der Waals surface area contributed by atoms with Crippen LogP contribution in [0, 0.1) is 5.92 Å². The van der Waals surface area contributed by atoms with Crippen LogP contribution in [0.4, 0.5) is 0 Å². The zero-order chi connectivity index (χ0) is 9.19. The van der Waals surface area contributed by atoms with Gasteiger partial charge in [0.15, 0.2) is 6.29 Å². The summed E-state index contributed by atoms with van der Waals surface area (Å²) >= 11 is 0. The molecular formula is C10H20O2. The Hall–Kier alpha value is -0.0800. The molecule has 0 bridgehead atoms. The van der Waals surface area contributed by atoms with Gasteiger partial charge in [-0.2, -0.15) is 0 Å². The van der Waals surface area contributed by atoms with Crippen molar-refractivity contribution in [2.24, 2.45) is 5.92 Å². The van der Waals surface area contributed by atoms with Crippen LogP contribution >= 0.6 is 0 Å². The number of rotatable bonds is 2. The third-order valence-corrected chi connectivity index (χ3v) is 2.12. The summed E-state index contributed by atoms with van der Waals surface area (Å²) in [5.41, 5.74) is 0.0117. The first-order valence-corrected chi connectivity index (χ1v) is 4.79. The third kappa shape index (κ3) is 3.11. The second-order valence-electron chi connectivity index (χ2n) is 4.56. The zero-order valence-corrected chi connectivity index (χ0v) is 8.59. The summed E-state index contributed by atoms with van der Waals surface area (Å²) in [4.78, 5) is 0. The molecule has 1 rings (SSSR count). The van der Waals surface area contributed by atoms with Gasteiger partial charge in [0.05, 0.1) is 12.2 Å². The Morgan fingerprint density at radius 2 is 2.08 bits per heavy atom. The normalized spacial score (nSPS) is 29.2. The predicted molar refractivity (Wildman–Crippen MR) is 49.0 cm³/mol. The van der Waals surface area contributed by atoms with Crippen LogP contribution in [0.15, 0.2) is 0 Å². The number of ether oxygens (including phenoxy) is 2. The van der Waals surface area contributed by atoms with Crippen LogP contribution in [0.3, 0.4) is 0 Å². The minimum atomic E-state index is 0.0117. The molecule has 0 saturated carbocycles. The van der Waals surface area contributed by atoms with Crippen LogP contribution in [0.25, 0.3) is 0 Å². The van der Waals surface area contributed by atoms with Gasteiger partial charge in [-0.1, -0.05) is 13.8 Å².